The second-order valence-corrected chi connectivity index (χ2v) is 7.98. The van der Waals surface area contributed by atoms with Gasteiger partial charge in [-0.2, -0.15) is 0 Å². The summed E-state index contributed by atoms with van der Waals surface area (Å²) in [4.78, 5) is 2.20. The zero-order chi connectivity index (χ0) is 16.3. The molecule has 2 aromatic rings. The highest BCUT2D eigenvalue weighted by atomic mass is 31.2. The van der Waals surface area contributed by atoms with Gasteiger partial charge in [-0.05, 0) is 23.1 Å². The third-order valence-electron chi connectivity index (χ3n) is 4.38. The minimum absolute atomic E-state index is 0.373. The fraction of sp³-hybridized carbons (Fsp3) is 0.333. The lowest BCUT2D eigenvalue weighted by Crippen LogP contribution is -2.35. The number of hydrogen-bond acceptors (Lipinski definition) is 4. The van der Waals surface area contributed by atoms with Crippen LogP contribution in [0.3, 0.4) is 0 Å². The fourth-order valence-electron chi connectivity index (χ4n) is 3.22. The van der Waals surface area contributed by atoms with Crippen molar-refractivity contribution in [3.63, 3.8) is 0 Å². The van der Waals surface area contributed by atoms with E-state index in [1.54, 1.807) is 0 Å². The Balaban J connectivity index is 2.00. The van der Waals surface area contributed by atoms with Crippen LogP contribution in [-0.4, -0.2) is 25.7 Å². The first kappa shape index (κ1) is 16.4. The lowest BCUT2D eigenvalue weighted by atomic mass is 9.99. The van der Waals surface area contributed by atoms with Gasteiger partial charge in [-0.3, -0.25) is 9.46 Å². The summed E-state index contributed by atoms with van der Waals surface area (Å²) in [6.45, 7) is 1.55. The Bertz CT molecular complexity index is 696. The smallest absolute Gasteiger partial charge is 0.311 e. The van der Waals surface area contributed by atoms with Crippen molar-refractivity contribution in [3.05, 3.63) is 71.3 Å². The molecule has 1 aliphatic heterocycles. The van der Waals surface area contributed by atoms with Gasteiger partial charge in [-0.1, -0.05) is 54.6 Å². The molecule has 1 heterocycles. The molecule has 1 atom stereocenters. The average Bonchev–Trinajstić information content (AvgIpc) is 2.62. The molecule has 4 nitrogen and oxygen atoms in total. The monoisotopic (exact) mass is 331 g/mol. The molecule has 0 bridgehead atoms. The van der Waals surface area contributed by atoms with E-state index in [4.69, 9.17) is 9.05 Å². The predicted octanol–water partition coefficient (Wildman–Crippen LogP) is 4.23. The van der Waals surface area contributed by atoms with E-state index < -0.39 is 7.60 Å². The third kappa shape index (κ3) is 3.26. The van der Waals surface area contributed by atoms with Gasteiger partial charge in [0.15, 0.2) is 0 Å². The van der Waals surface area contributed by atoms with Crippen LogP contribution in [0.1, 0.15) is 22.5 Å². The topological polar surface area (TPSA) is 38.8 Å². The third-order valence-corrected chi connectivity index (χ3v) is 6.61. The van der Waals surface area contributed by atoms with Gasteiger partial charge in [0.25, 0.3) is 0 Å². The largest absolute Gasteiger partial charge is 0.351 e. The van der Waals surface area contributed by atoms with Crippen LogP contribution >= 0.6 is 7.60 Å². The highest BCUT2D eigenvalue weighted by Gasteiger charge is 2.42. The SMILES string of the molecule is COP(=O)(OC)C1c2ccccc2CCN1Cc1ccccc1. The number of hydrogen-bond donors (Lipinski definition) is 0. The van der Waals surface area contributed by atoms with Crippen molar-refractivity contribution in [2.24, 2.45) is 0 Å². The van der Waals surface area contributed by atoms with Gasteiger partial charge in [0.1, 0.15) is 5.78 Å². The zero-order valence-electron chi connectivity index (χ0n) is 13.5. The van der Waals surface area contributed by atoms with E-state index in [9.17, 15) is 4.57 Å². The number of nitrogens with zero attached hydrogens (tertiary/aromatic N) is 1. The van der Waals surface area contributed by atoms with Crippen molar-refractivity contribution >= 4 is 7.60 Å². The summed E-state index contributed by atoms with van der Waals surface area (Å²) < 4.78 is 23.9. The van der Waals surface area contributed by atoms with E-state index in [0.29, 0.717) is 0 Å². The molecular weight excluding hydrogens is 309 g/mol. The van der Waals surface area contributed by atoms with E-state index in [2.05, 4.69) is 23.1 Å². The second-order valence-electron chi connectivity index (χ2n) is 5.68. The molecule has 0 spiro atoms. The Labute approximate surface area is 137 Å². The van der Waals surface area contributed by atoms with Crippen LogP contribution < -0.4 is 0 Å². The van der Waals surface area contributed by atoms with E-state index in [1.165, 1.54) is 25.3 Å². The minimum atomic E-state index is -3.26. The van der Waals surface area contributed by atoms with Gasteiger partial charge >= 0.3 is 7.60 Å². The highest BCUT2D eigenvalue weighted by molar-refractivity contribution is 7.54. The molecular formula is C18H22NO3P. The van der Waals surface area contributed by atoms with Crippen molar-refractivity contribution in [2.75, 3.05) is 20.8 Å². The molecule has 0 aliphatic carbocycles. The molecule has 0 saturated heterocycles. The van der Waals surface area contributed by atoms with Crippen molar-refractivity contribution in [3.8, 4) is 0 Å². The van der Waals surface area contributed by atoms with Crippen molar-refractivity contribution in [2.45, 2.75) is 18.7 Å². The van der Waals surface area contributed by atoms with Crippen LogP contribution in [0.4, 0.5) is 0 Å². The van der Waals surface area contributed by atoms with Gasteiger partial charge in [-0.25, -0.2) is 0 Å². The highest BCUT2D eigenvalue weighted by Crippen LogP contribution is 2.62. The maximum atomic E-state index is 13.2. The predicted molar refractivity (Wildman–Crippen MR) is 91.4 cm³/mol. The summed E-state index contributed by atoms with van der Waals surface area (Å²) in [6, 6.07) is 18.3. The van der Waals surface area contributed by atoms with Gasteiger partial charge in [0, 0.05) is 27.3 Å². The maximum Gasteiger partial charge on any atom is 0.351 e. The van der Waals surface area contributed by atoms with Crippen molar-refractivity contribution in [1.29, 1.82) is 0 Å². The number of benzene rings is 2. The normalized spacial score (nSPS) is 18.6. The Morgan fingerprint density at radius 3 is 2.39 bits per heavy atom. The van der Waals surface area contributed by atoms with E-state index in [-0.39, 0.29) is 5.78 Å². The lowest BCUT2D eigenvalue weighted by Gasteiger charge is -2.39. The van der Waals surface area contributed by atoms with Crippen LogP contribution in [0.25, 0.3) is 0 Å². The van der Waals surface area contributed by atoms with Gasteiger partial charge in [-0.15, -0.1) is 0 Å². The molecule has 0 aromatic heterocycles. The molecule has 5 heteroatoms. The first-order valence-electron chi connectivity index (χ1n) is 7.75. The van der Waals surface area contributed by atoms with Crippen molar-refractivity contribution in [1.82, 2.24) is 4.90 Å². The molecule has 0 radical (unpaired) electrons. The molecule has 0 fully saturated rings. The molecule has 1 unspecified atom stereocenters. The molecule has 122 valence electrons. The Hall–Kier alpha value is -1.45. The van der Waals surface area contributed by atoms with Crippen LogP contribution in [-0.2, 0) is 26.6 Å². The summed E-state index contributed by atoms with van der Waals surface area (Å²) >= 11 is 0. The average molecular weight is 331 g/mol. The molecule has 3 rings (SSSR count). The van der Waals surface area contributed by atoms with Crippen LogP contribution in [0.15, 0.2) is 54.6 Å². The Morgan fingerprint density at radius 1 is 1.04 bits per heavy atom. The van der Waals surface area contributed by atoms with Gasteiger partial charge in [0.2, 0.25) is 0 Å². The summed E-state index contributed by atoms with van der Waals surface area (Å²) in [7, 11) is -0.335. The molecule has 23 heavy (non-hydrogen) atoms. The minimum Gasteiger partial charge on any atom is -0.311 e. The van der Waals surface area contributed by atoms with Crippen LogP contribution in [0, 0.1) is 0 Å². The van der Waals surface area contributed by atoms with Crippen LogP contribution in [0.2, 0.25) is 0 Å². The van der Waals surface area contributed by atoms with E-state index in [1.807, 2.05) is 36.4 Å². The Kier molecular flexibility index (Phi) is 4.98. The van der Waals surface area contributed by atoms with E-state index in [0.717, 1.165) is 25.1 Å². The van der Waals surface area contributed by atoms with Crippen molar-refractivity contribution < 1.29 is 13.6 Å². The first-order chi connectivity index (χ1) is 11.2. The second kappa shape index (κ2) is 6.98. The standard InChI is InChI=1S/C18H22NO3P/c1-21-23(20,22-2)18-17-11-7-6-10-16(17)12-13-19(18)14-15-8-4-3-5-9-15/h3-11,18H,12-14H2,1-2H3. The molecule has 2 aromatic carbocycles. The first-order valence-corrected chi connectivity index (χ1v) is 9.36. The lowest BCUT2D eigenvalue weighted by molar-refractivity contribution is 0.174. The fourth-order valence-corrected chi connectivity index (χ4v) is 4.96. The maximum absolute atomic E-state index is 13.2. The van der Waals surface area contributed by atoms with E-state index >= 15 is 0 Å². The summed E-state index contributed by atoms with van der Waals surface area (Å²) in [5, 5.41) is 0. The molecule has 0 saturated carbocycles. The number of rotatable bonds is 5. The zero-order valence-corrected chi connectivity index (χ0v) is 14.4. The van der Waals surface area contributed by atoms with Crippen LogP contribution in [0.5, 0.6) is 0 Å². The summed E-state index contributed by atoms with van der Waals surface area (Å²) in [5.41, 5.74) is 3.45. The quantitative estimate of drug-likeness (QED) is 0.769. The summed E-state index contributed by atoms with van der Waals surface area (Å²) in [6.07, 6.45) is 0.937. The molecule has 0 amide bonds. The molecule has 0 N–H and O–H groups in total. The van der Waals surface area contributed by atoms with Gasteiger partial charge < -0.3 is 9.05 Å². The summed E-state index contributed by atoms with van der Waals surface area (Å²) in [5.74, 6) is -0.373. The Morgan fingerprint density at radius 2 is 1.70 bits per heavy atom. The van der Waals surface area contributed by atoms with Gasteiger partial charge in [0.05, 0.1) is 0 Å². The molecule has 1 aliphatic rings. The number of fused-ring (bicyclic) bond motifs is 1.